The maximum atomic E-state index is 5.48. The Morgan fingerprint density at radius 3 is 2.31 bits per heavy atom. The molecule has 6 nitrogen and oxygen atoms in total. The zero-order chi connectivity index (χ0) is 18.5. The minimum absolute atomic E-state index is 0.619. The van der Waals surface area contributed by atoms with Gasteiger partial charge in [-0.1, -0.05) is 6.07 Å². The molecule has 136 valence electrons. The zero-order valence-electron chi connectivity index (χ0n) is 14.9. The first kappa shape index (κ1) is 18.2. The number of methoxy groups -OCH3 is 3. The highest BCUT2D eigenvalue weighted by Crippen LogP contribution is 2.33. The first-order valence-electron chi connectivity index (χ1n) is 7.73. The van der Waals surface area contributed by atoms with E-state index in [0.717, 1.165) is 20.9 Å². The van der Waals surface area contributed by atoms with Gasteiger partial charge in [-0.2, -0.15) is 5.10 Å². The lowest BCUT2D eigenvalue weighted by Gasteiger charge is -2.12. The third-order valence-corrected chi connectivity index (χ3v) is 5.51. The van der Waals surface area contributed by atoms with Gasteiger partial charge in [0.05, 0.1) is 43.7 Å². The number of benzene rings is 1. The molecule has 0 radical (unpaired) electrons. The van der Waals surface area contributed by atoms with Gasteiger partial charge < -0.3 is 14.2 Å². The van der Waals surface area contributed by atoms with Crippen molar-refractivity contribution in [3.05, 3.63) is 45.4 Å². The molecule has 26 heavy (non-hydrogen) atoms. The Morgan fingerprint density at radius 1 is 1.04 bits per heavy atom. The third kappa shape index (κ3) is 3.51. The maximum Gasteiger partial charge on any atom is 0.205 e. The van der Waals surface area contributed by atoms with E-state index in [1.54, 1.807) is 69.4 Å². The van der Waals surface area contributed by atoms with Crippen LogP contribution in [0.3, 0.4) is 0 Å². The van der Waals surface area contributed by atoms with E-state index >= 15 is 0 Å². The predicted molar refractivity (Wildman–Crippen MR) is 106 cm³/mol. The smallest absolute Gasteiger partial charge is 0.205 e. The van der Waals surface area contributed by atoms with Crippen molar-refractivity contribution in [3.8, 4) is 27.8 Å². The molecule has 0 fully saturated rings. The van der Waals surface area contributed by atoms with Crippen molar-refractivity contribution in [1.82, 2.24) is 4.68 Å². The molecule has 2 aromatic heterocycles. The van der Waals surface area contributed by atoms with E-state index in [4.69, 9.17) is 14.2 Å². The molecule has 2 heterocycles. The average molecular weight is 390 g/mol. The summed E-state index contributed by atoms with van der Waals surface area (Å²) >= 11 is 3.20. The van der Waals surface area contributed by atoms with Gasteiger partial charge in [0.25, 0.3) is 0 Å². The summed E-state index contributed by atoms with van der Waals surface area (Å²) in [6.45, 7) is 0. The molecular weight excluding hydrogens is 370 g/mol. The van der Waals surface area contributed by atoms with Gasteiger partial charge in [0.2, 0.25) is 4.80 Å². The molecule has 0 aliphatic carbocycles. The Balaban J connectivity index is 2.11. The highest BCUT2D eigenvalue weighted by atomic mass is 32.1. The van der Waals surface area contributed by atoms with Gasteiger partial charge in [-0.15, -0.1) is 22.7 Å². The number of ether oxygens (including phenoxy) is 3. The SMILES string of the molecule is CN=c1scc(-c2cccs2)n1N=Cc1c(OC)cc(OC)cc1OC. The number of rotatable bonds is 6. The first-order chi connectivity index (χ1) is 12.7. The molecule has 3 aromatic rings. The molecular formula is C18H19N3O3S2. The number of thiazole rings is 1. The largest absolute Gasteiger partial charge is 0.496 e. The third-order valence-electron chi connectivity index (χ3n) is 3.71. The van der Waals surface area contributed by atoms with Gasteiger partial charge in [-0.05, 0) is 11.4 Å². The number of hydrogen-bond acceptors (Lipinski definition) is 7. The summed E-state index contributed by atoms with van der Waals surface area (Å²) in [4.78, 5) is 6.24. The molecule has 0 aliphatic rings. The summed E-state index contributed by atoms with van der Waals surface area (Å²) < 4.78 is 18.1. The van der Waals surface area contributed by atoms with Gasteiger partial charge in [0, 0.05) is 24.6 Å². The van der Waals surface area contributed by atoms with Crippen LogP contribution in [-0.2, 0) is 0 Å². The fourth-order valence-corrected chi connectivity index (χ4v) is 4.03. The predicted octanol–water partition coefficient (Wildman–Crippen LogP) is 3.72. The first-order valence-corrected chi connectivity index (χ1v) is 9.49. The van der Waals surface area contributed by atoms with Crippen molar-refractivity contribution in [2.24, 2.45) is 10.1 Å². The van der Waals surface area contributed by atoms with Crippen LogP contribution in [0.5, 0.6) is 17.2 Å². The quantitative estimate of drug-likeness (QED) is 0.604. The summed E-state index contributed by atoms with van der Waals surface area (Å²) in [5, 5.41) is 8.74. The molecule has 0 N–H and O–H groups in total. The van der Waals surface area contributed by atoms with E-state index in [-0.39, 0.29) is 0 Å². The average Bonchev–Trinajstić information content (AvgIpc) is 3.34. The normalized spacial score (nSPS) is 11.9. The van der Waals surface area contributed by atoms with Gasteiger partial charge in [-0.25, -0.2) is 4.68 Å². The standard InChI is InChI=1S/C18H19N3O3S2/c1-19-18-21(14(11-26-18)17-6-5-7-25-17)20-10-13-15(23-3)8-12(22-2)9-16(13)24-4/h5-11H,1-4H3. The van der Waals surface area contributed by atoms with Crippen LogP contribution in [0.4, 0.5) is 0 Å². The fraction of sp³-hybridized carbons (Fsp3) is 0.222. The molecule has 0 unspecified atom stereocenters. The molecule has 1 aromatic carbocycles. The van der Waals surface area contributed by atoms with Crippen molar-refractivity contribution in [2.75, 3.05) is 28.4 Å². The summed E-state index contributed by atoms with van der Waals surface area (Å²) in [6, 6.07) is 7.68. The lowest BCUT2D eigenvalue weighted by molar-refractivity contribution is 0.374. The summed E-state index contributed by atoms with van der Waals surface area (Å²) in [7, 11) is 6.57. The second-order valence-corrected chi connectivity index (χ2v) is 6.89. The van der Waals surface area contributed by atoms with Crippen LogP contribution in [0.2, 0.25) is 0 Å². The molecule has 0 aliphatic heterocycles. The van der Waals surface area contributed by atoms with Crippen LogP contribution in [0.1, 0.15) is 5.56 Å². The Bertz CT molecular complexity index is 947. The molecule has 0 spiro atoms. The molecule has 0 bridgehead atoms. The van der Waals surface area contributed by atoms with Crippen LogP contribution in [-0.4, -0.2) is 39.3 Å². The van der Waals surface area contributed by atoms with Crippen LogP contribution in [0.15, 0.2) is 45.1 Å². The summed E-state index contributed by atoms with van der Waals surface area (Å²) in [5.74, 6) is 1.89. The van der Waals surface area contributed by atoms with Gasteiger partial charge in [-0.3, -0.25) is 4.99 Å². The number of aromatic nitrogens is 1. The highest BCUT2D eigenvalue weighted by Gasteiger charge is 2.13. The van der Waals surface area contributed by atoms with Gasteiger partial charge in [0.15, 0.2) is 0 Å². The van der Waals surface area contributed by atoms with E-state index in [2.05, 4.69) is 16.2 Å². The lowest BCUT2D eigenvalue weighted by atomic mass is 10.2. The summed E-state index contributed by atoms with van der Waals surface area (Å²) in [6.07, 6.45) is 1.72. The van der Waals surface area contributed by atoms with Crippen LogP contribution in [0, 0.1) is 0 Å². The van der Waals surface area contributed by atoms with Crippen molar-refractivity contribution in [2.45, 2.75) is 0 Å². The maximum absolute atomic E-state index is 5.48. The number of thiophene rings is 1. The zero-order valence-corrected chi connectivity index (χ0v) is 16.6. The van der Waals surface area contributed by atoms with Crippen LogP contribution in [0.25, 0.3) is 10.6 Å². The Hall–Kier alpha value is -2.58. The molecule has 3 rings (SSSR count). The lowest BCUT2D eigenvalue weighted by Crippen LogP contribution is -2.11. The number of nitrogens with zero attached hydrogens (tertiary/aromatic N) is 3. The Morgan fingerprint density at radius 2 is 1.77 bits per heavy atom. The van der Waals surface area contributed by atoms with E-state index < -0.39 is 0 Å². The second-order valence-electron chi connectivity index (χ2n) is 5.11. The van der Waals surface area contributed by atoms with Crippen LogP contribution < -0.4 is 19.0 Å². The van der Waals surface area contributed by atoms with E-state index in [1.807, 2.05) is 21.5 Å². The van der Waals surface area contributed by atoms with E-state index in [0.29, 0.717) is 17.2 Å². The van der Waals surface area contributed by atoms with E-state index in [1.165, 1.54) is 0 Å². The fourth-order valence-electron chi connectivity index (χ4n) is 2.43. The molecule has 0 amide bonds. The molecule has 0 atom stereocenters. The minimum atomic E-state index is 0.619. The Labute approximate surface area is 159 Å². The van der Waals surface area contributed by atoms with Crippen LogP contribution >= 0.6 is 22.7 Å². The monoisotopic (exact) mass is 389 g/mol. The van der Waals surface area contributed by atoms with Crippen molar-refractivity contribution < 1.29 is 14.2 Å². The van der Waals surface area contributed by atoms with E-state index in [9.17, 15) is 0 Å². The van der Waals surface area contributed by atoms with Crippen molar-refractivity contribution in [3.63, 3.8) is 0 Å². The summed E-state index contributed by atoms with van der Waals surface area (Å²) in [5.41, 5.74) is 1.72. The molecule has 8 heteroatoms. The molecule has 0 saturated heterocycles. The molecule has 0 saturated carbocycles. The van der Waals surface area contributed by atoms with Crippen molar-refractivity contribution >= 4 is 28.9 Å². The van der Waals surface area contributed by atoms with Gasteiger partial charge in [0.1, 0.15) is 17.2 Å². The van der Waals surface area contributed by atoms with Crippen molar-refractivity contribution in [1.29, 1.82) is 0 Å². The Kier molecular flexibility index (Phi) is 5.75. The van der Waals surface area contributed by atoms with Gasteiger partial charge >= 0.3 is 0 Å². The second kappa shape index (κ2) is 8.20. The highest BCUT2D eigenvalue weighted by molar-refractivity contribution is 7.14. The number of hydrogen-bond donors (Lipinski definition) is 0. The topological polar surface area (TPSA) is 57.3 Å². The minimum Gasteiger partial charge on any atom is -0.496 e.